The van der Waals surface area contributed by atoms with E-state index in [1.54, 1.807) is 5.32 Å². The van der Waals surface area contributed by atoms with Crippen molar-refractivity contribution in [2.45, 2.75) is 18.9 Å². The van der Waals surface area contributed by atoms with Crippen molar-refractivity contribution >= 4 is 18.0 Å². The molecule has 1 atom stereocenters. The lowest BCUT2D eigenvalue weighted by molar-refractivity contribution is -0.139. The molecular weight excluding hydrogens is 180 g/mol. The average Bonchev–Trinajstić information content (AvgIpc) is 1.96. The Morgan fingerprint density at radius 3 is 2.15 bits per heavy atom. The van der Waals surface area contributed by atoms with Crippen LogP contribution in [-0.2, 0) is 9.59 Å². The Morgan fingerprint density at radius 1 is 1.31 bits per heavy atom. The zero-order valence-corrected chi connectivity index (χ0v) is 6.69. The van der Waals surface area contributed by atoms with E-state index in [1.165, 1.54) is 0 Å². The van der Waals surface area contributed by atoms with Crippen LogP contribution in [-0.4, -0.2) is 34.2 Å². The van der Waals surface area contributed by atoms with Gasteiger partial charge in [-0.3, -0.25) is 4.79 Å². The van der Waals surface area contributed by atoms with Crippen molar-refractivity contribution in [1.82, 2.24) is 5.32 Å². The normalized spacial score (nSPS) is 11.7. The number of hydrogen-bond donors (Lipinski definition) is 4. The topological polar surface area (TPSA) is 130 Å². The minimum absolute atomic E-state index is 0.142. The number of carbonyl (C=O) groups is 3. The van der Waals surface area contributed by atoms with E-state index in [0.717, 1.165) is 0 Å². The molecule has 7 nitrogen and oxygen atoms in total. The lowest BCUT2D eigenvalue weighted by atomic mass is 10.1. The molecular formula is C6H10N2O5. The van der Waals surface area contributed by atoms with Gasteiger partial charge in [0.2, 0.25) is 5.91 Å². The SMILES string of the molecule is NC(=O)CCC(NC(=O)O)C(=O)O. The molecule has 0 radical (unpaired) electrons. The predicted molar refractivity (Wildman–Crippen MR) is 41.0 cm³/mol. The minimum Gasteiger partial charge on any atom is -0.480 e. The maximum Gasteiger partial charge on any atom is 0.405 e. The van der Waals surface area contributed by atoms with Gasteiger partial charge in [0.1, 0.15) is 6.04 Å². The highest BCUT2D eigenvalue weighted by molar-refractivity contribution is 5.80. The molecule has 0 aliphatic heterocycles. The number of primary amides is 1. The summed E-state index contributed by atoms with van der Waals surface area (Å²) in [7, 11) is 0. The van der Waals surface area contributed by atoms with Gasteiger partial charge in [-0.2, -0.15) is 0 Å². The smallest absolute Gasteiger partial charge is 0.405 e. The number of carbonyl (C=O) groups excluding carboxylic acids is 1. The highest BCUT2D eigenvalue weighted by Gasteiger charge is 2.19. The number of carboxylic acid groups (broad SMARTS) is 2. The number of rotatable bonds is 5. The lowest BCUT2D eigenvalue weighted by Gasteiger charge is -2.10. The fourth-order valence-electron chi connectivity index (χ4n) is 0.693. The first kappa shape index (κ1) is 11.2. The summed E-state index contributed by atoms with van der Waals surface area (Å²) in [6.45, 7) is 0. The second kappa shape index (κ2) is 4.96. The second-order valence-corrected chi connectivity index (χ2v) is 2.35. The standard InChI is InChI=1S/C6H10N2O5/c7-4(9)2-1-3(5(10)11)8-6(12)13/h3,8H,1-2H2,(H2,7,9)(H,10,11)(H,12,13). The molecule has 0 spiro atoms. The van der Waals surface area contributed by atoms with E-state index in [9.17, 15) is 14.4 Å². The zero-order valence-electron chi connectivity index (χ0n) is 6.69. The van der Waals surface area contributed by atoms with E-state index in [0.29, 0.717) is 0 Å². The van der Waals surface area contributed by atoms with Gasteiger partial charge in [0.25, 0.3) is 0 Å². The molecule has 5 N–H and O–H groups in total. The van der Waals surface area contributed by atoms with Gasteiger partial charge in [-0.1, -0.05) is 0 Å². The summed E-state index contributed by atoms with van der Waals surface area (Å²) < 4.78 is 0. The van der Waals surface area contributed by atoms with Crippen LogP contribution in [0, 0.1) is 0 Å². The number of hydrogen-bond acceptors (Lipinski definition) is 3. The van der Waals surface area contributed by atoms with Crippen LogP contribution >= 0.6 is 0 Å². The summed E-state index contributed by atoms with van der Waals surface area (Å²) in [4.78, 5) is 30.7. The zero-order chi connectivity index (χ0) is 10.4. The van der Waals surface area contributed by atoms with Crippen molar-refractivity contribution in [2.75, 3.05) is 0 Å². The van der Waals surface area contributed by atoms with Crippen molar-refractivity contribution in [3.8, 4) is 0 Å². The Labute approximate surface area is 73.5 Å². The molecule has 0 saturated heterocycles. The maximum absolute atomic E-state index is 10.4. The van der Waals surface area contributed by atoms with Crippen LogP contribution in [0.5, 0.6) is 0 Å². The Hall–Kier alpha value is -1.79. The van der Waals surface area contributed by atoms with Crippen molar-refractivity contribution in [2.24, 2.45) is 5.73 Å². The molecule has 1 unspecified atom stereocenters. The molecule has 74 valence electrons. The molecule has 0 bridgehead atoms. The van der Waals surface area contributed by atoms with E-state index in [2.05, 4.69) is 0 Å². The summed E-state index contributed by atoms with van der Waals surface area (Å²) in [6, 6.07) is -1.29. The molecule has 0 aliphatic carbocycles. The van der Waals surface area contributed by atoms with Crippen LogP contribution < -0.4 is 11.1 Å². The van der Waals surface area contributed by atoms with Crippen LogP contribution in [0.2, 0.25) is 0 Å². The van der Waals surface area contributed by atoms with E-state index >= 15 is 0 Å². The average molecular weight is 190 g/mol. The van der Waals surface area contributed by atoms with Crippen LogP contribution in [0.4, 0.5) is 4.79 Å². The number of nitrogens with one attached hydrogen (secondary N) is 1. The first-order valence-electron chi connectivity index (χ1n) is 3.44. The van der Waals surface area contributed by atoms with Crippen molar-refractivity contribution in [1.29, 1.82) is 0 Å². The second-order valence-electron chi connectivity index (χ2n) is 2.35. The van der Waals surface area contributed by atoms with Gasteiger partial charge >= 0.3 is 12.1 Å². The molecule has 13 heavy (non-hydrogen) atoms. The van der Waals surface area contributed by atoms with Gasteiger partial charge in [-0.15, -0.1) is 0 Å². The molecule has 0 heterocycles. The van der Waals surface area contributed by atoms with Crippen molar-refractivity contribution in [3.63, 3.8) is 0 Å². The van der Waals surface area contributed by atoms with E-state index in [4.69, 9.17) is 15.9 Å². The fraction of sp³-hybridized carbons (Fsp3) is 0.500. The van der Waals surface area contributed by atoms with Gasteiger partial charge < -0.3 is 21.3 Å². The molecule has 7 heteroatoms. The molecule has 0 aromatic carbocycles. The Kier molecular flexibility index (Phi) is 4.28. The molecule has 0 rings (SSSR count). The number of nitrogens with two attached hydrogens (primary N) is 1. The molecule has 0 saturated carbocycles. The number of amides is 2. The van der Waals surface area contributed by atoms with Crippen LogP contribution in [0.1, 0.15) is 12.8 Å². The number of carboxylic acids is 1. The van der Waals surface area contributed by atoms with E-state index < -0.39 is 24.0 Å². The van der Waals surface area contributed by atoms with Gasteiger partial charge in [-0.25, -0.2) is 9.59 Å². The van der Waals surface area contributed by atoms with Gasteiger partial charge in [0, 0.05) is 6.42 Å². The fourth-order valence-corrected chi connectivity index (χ4v) is 0.693. The van der Waals surface area contributed by atoms with Gasteiger partial charge in [-0.05, 0) is 6.42 Å². The summed E-state index contributed by atoms with van der Waals surface area (Å²) in [6.07, 6.45) is -1.76. The Bertz CT molecular complexity index is 227. The first-order chi connectivity index (χ1) is 5.93. The number of aliphatic carboxylic acids is 1. The monoisotopic (exact) mass is 190 g/mol. The Morgan fingerprint density at radius 2 is 1.85 bits per heavy atom. The highest BCUT2D eigenvalue weighted by Crippen LogP contribution is 1.96. The third kappa shape index (κ3) is 5.48. The van der Waals surface area contributed by atoms with Gasteiger partial charge in [0.05, 0.1) is 0 Å². The van der Waals surface area contributed by atoms with Crippen LogP contribution in [0.25, 0.3) is 0 Å². The summed E-state index contributed by atoms with van der Waals surface area (Å²) in [5, 5.41) is 18.4. The predicted octanol–water partition coefficient (Wildman–Crippen LogP) is -1.03. The largest absolute Gasteiger partial charge is 0.480 e. The van der Waals surface area contributed by atoms with E-state index in [1.807, 2.05) is 0 Å². The third-order valence-electron chi connectivity index (χ3n) is 1.28. The molecule has 0 aromatic rings. The van der Waals surface area contributed by atoms with Gasteiger partial charge in [0.15, 0.2) is 0 Å². The first-order valence-corrected chi connectivity index (χ1v) is 3.44. The Balaban J connectivity index is 4.02. The van der Waals surface area contributed by atoms with E-state index in [-0.39, 0.29) is 12.8 Å². The minimum atomic E-state index is -1.45. The van der Waals surface area contributed by atoms with Crippen molar-refractivity contribution < 1.29 is 24.6 Å². The molecule has 0 fully saturated rings. The van der Waals surface area contributed by atoms with Crippen molar-refractivity contribution in [3.05, 3.63) is 0 Å². The summed E-state index contributed by atoms with van der Waals surface area (Å²) >= 11 is 0. The lowest BCUT2D eigenvalue weighted by Crippen LogP contribution is -2.40. The molecule has 0 aromatic heterocycles. The highest BCUT2D eigenvalue weighted by atomic mass is 16.4. The molecule has 0 aliphatic rings. The summed E-state index contributed by atoms with van der Waals surface area (Å²) in [5.41, 5.74) is 4.76. The summed E-state index contributed by atoms with van der Waals surface area (Å²) in [5.74, 6) is -2.00. The van der Waals surface area contributed by atoms with Crippen LogP contribution in [0.15, 0.2) is 0 Å². The molecule has 2 amide bonds. The third-order valence-corrected chi connectivity index (χ3v) is 1.28. The maximum atomic E-state index is 10.4. The quantitative estimate of drug-likeness (QED) is 0.440. The van der Waals surface area contributed by atoms with Crippen LogP contribution in [0.3, 0.4) is 0 Å².